The minimum atomic E-state index is -0.405. The Kier molecular flexibility index (Phi) is 3.97. The summed E-state index contributed by atoms with van der Waals surface area (Å²) in [5.41, 5.74) is -0.405. The van der Waals surface area contributed by atoms with Crippen LogP contribution in [0.2, 0.25) is 0 Å². The van der Waals surface area contributed by atoms with Crippen molar-refractivity contribution in [3.8, 4) is 0 Å². The van der Waals surface area contributed by atoms with E-state index in [1.165, 1.54) is 17.8 Å². The third-order valence-corrected chi connectivity index (χ3v) is 3.99. The normalized spacial score (nSPS) is 20.7. The predicted molar refractivity (Wildman–Crippen MR) is 72.8 cm³/mol. The number of amides is 1. The molecule has 1 aliphatic rings. The van der Waals surface area contributed by atoms with Gasteiger partial charge in [-0.1, -0.05) is 32.1 Å². The van der Waals surface area contributed by atoms with Gasteiger partial charge in [0, 0.05) is 17.9 Å². The third kappa shape index (κ3) is 3.26. The van der Waals surface area contributed by atoms with Gasteiger partial charge in [-0.05, 0) is 19.4 Å². The summed E-state index contributed by atoms with van der Waals surface area (Å²) in [6, 6.07) is 0. The minimum absolute atomic E-state index is 0.0213. The number of hydrogen-bond donors (Lipinski definition) is 2. The monoisotopic (exact) mass is 268 g/mol. The van der Waals surface area contributed by atoms with Gasteiger partial charge in [0.05, 0.1) is 0 Å². The Hall–Kier alpha value is -1.01. The second-order valence-electron chi connectivity index (χ2n) is 5.69. The van der Waals surface area contributed by atoms with E-state index >= 15 is 0 Å². The number of aromatic nitrogens is 2. The van der Waals surface area contributed by atoms with Gasteiger partial charge in [-0.2, -0.15) is 0 Å². The summed E-state index contributed by atoms with van der Waals surface area (Å²) in [7, 11) is 0. The fraction of sp³-hybridized carbons (Fsp3) is 0.750. The van der Waals surface area contributed by atoms with Crippen LogP contribution in [0.25, 0.3) is 0 Å². The van der Waals surface area contributed by atoms with Gasteiger partial charge in [0.2, 0.25) is 11.0 Å². The highest BCUT2D eigenvalue weighted by molar-refractivity contribution is 7.15. The molecule has 2 heterocycles. The second-order valence-corrected chi connectivity index (χ2v) is 6.70. The van der Waals surface area contributed by atoms with E-state index in [-0.39, 0.29) is 5.91 Å². The summed E-state index contributed by atoms with van der Waals surface area (Å²) in [5, 5.41) is 16.1. The average molecular weight is 268 g/mol. The summed E-state index contributed by atoms with van der Waals surface area (Å²) in [6.45, 7) is 7.70. The van der Waals surface area contributed by atoms with E-state index in [9.17, 15) is 4.79 Å². The predicted octanol–water partition coefficient (Wildman–Crippen LogP) is 1.99. The minimum Gasteiger partial charge on any atom is -0.316 e. The van der Waals surface area contributed by atoms with E-state index < -0.39 is 5.41 Å². The lowest BCUT2D eigenvalue weighted by atomic mass is 9.96. The smallest absolute Gasteiger partial charge is 0.231 e. The summed E-state index contributed by atoms with van der Waals surface area (Å²) in [5.74, 6) is 0.420. The van der Waals surface area contributed by atoms with Gasteiger partial charge < -0.3 is 10.6 Å². The number of rotatable bonds is 2. The Morgan fingerprint density at radius 3 is 2.83 bits per heavy atom. The third-order valence-electron chi connectivity index (χ3n) is 2.99. The molecule has 0 aliphatic carbocycles. The Morgan fingerprint density at radius 2 is 2.22 bits per heavy atom. The molecular formula is C12H20N4OS. The summed E-state index contributed by atoms with van der Waals surface area (Å²) >= 11 is 1.49. The highest BCUT2D eigenvalue weighted by Gasteiger charge is 2.24. The zero-order valence-electron chi connectivity index (χ0n) is 11.1. The highest BCUT2D eigenvalue weighted by atomic mass is 32.1. The van der Waals surface area contributed by atoms with Crippen molar-refractivity contribution in [1.29, 1.82) is 0 Å². The molecule has 1 aromatic heterocycles. The Balaban J connectivity index is 1.99. The van der Waals surface area contributed by atoms with E-state index in [0.717, 1.165) is 24.5 Å². The van der Waals surface area contributed by atoms with Gasteiger partial charge in [-0.15, -0.1) is 10.2 Å². The lowest BCUT2D eigenvalue weighted by molar-refractivity contribution is -0.123. The maximum atomic E-state index is 11.8. The van der Waals surface area contributed by atoms with Crippen LogP contribution in [0.15, 0.2) is 0 Å². The van der Waals surface area contributed by atoms with Crippen molar-refractivity contribution in [2.45, 2.75) is 39.5 Å². The lowest BCUT2D eigenvalue weighted by Crippen LogP contribution is -2.28. The Bertz CT molecular complexity index is 418. The summed E-state index contributed by atoms with van der Waals surface area (Å²) in [4.78, 5) is 11.8. The first-order valence-electron chi connectivity index (χ1n) is 6.32. The molecule has 18 heavy (non-hydrogen) atoms. The van der Waals surface area contributed by atoms with Gasteiger partial charge in [-0.3, -0.25) is 4.79 Å². The molecule has 1 aromatic rings. The number of anilines is 1. The molecule has 0 spiro atoms. The van der Waals surface area contributed by atoms with E-state index in [4.69, 9.17) is 0 Å². The molecule has 100 valence electrons. The number of hydrogen-bond acceptors (Lipinski definition) is 5. The zero-order valence-corrected chi connectivity index (χ0v) is 11.9. The van der Waals surface area contributed by atoms with Crippen LogP contribution in [-0.2, 0) is 4.79 Å². The van der Waals surface area contributed by atoms with Gasteiger partial charge in [-0.25, -0.2) is 0 Å². The van der Waals surface area contributed by atoms with Crippen molar-refractivity contribution < 1.29 is 4.79 Å². The van der Waals surface area contributed by atoms with Gasteiger partial charge in [0.25, 0.3) is 0 Å². The van der Waals surface area contributed by atoms with E-state index in [1.54, 1.807) is 0 Å². The average Bonchev–Trinajstić information content (AvgIpc) is 2.77. The first-order valence-corrected chi connectivity index (χ1v) is 7.14. The van der Waals surface area contributed by atoms with Gasteiger partial charge >= 0.3 is 0 Å². The fourth-order valence-electron chi connectivity index (χ4n) is 1.80. The van der Waals surface area contributed by atoms with Crippen molar-refractivity contribution in [3.63, 3.8) is 0 Å². The van der Waals surface area contributed by atoms with E-state index in [0.29, 0.717) is 11.0 Å². The quantitative estimate of drug-likeness (QED) is 0.861. The van der Waals surface area contributed by atoms with Crippen molar-refractivity contribution in [2.75, 3.05) is 18.4 Å². The Morgan fingerprint density at radius 1 is 1.44 bits per heavy atom. The largest absolute Gasteiger partial charge is 0.316 e. The molecular weight excluding hydrogens is 248 g/mol. The number of carbonyl (C=O) groups is 1. The van der Waals surface area contributed by atoms with Crippen LogP contribution in [0.3, 0.4) is 0 Å². The van der Waals surface area contributed by atoms with Crippen molar-refractivity contribution >= 4 is 22.4 Å². The number of piperidine rings is 1. The van der Waals surface area contributed by atoms with Crippen LogP contribution >= 0.6 is 11.3 Å². The molecule has 1 amide bonds. The SMILES string of the molecule is CC(C)(C)C(=O)Nc1nnc(C2CCCNC2)s1. The number of nitrogens with zero attached hydrogens (tertiary/aromatic N) is 2. The summed E-state index contributed by atoms with van der Waals surface area (Å²) < 4.78 is 0. The van der Waals surface area contributed by atoms with Crippen LogP contribution in [0.1, 0.15) is 44.5 Å². The maximum absolute atomic E-state index is 11.8. The highest BCUT2D eigenvalue weighted by Crippen LogP contribution is 2.28. The van der Waals surface area contributed by atoms with Crippen LogP contribution in [0.5, 0.6) is 0 Å². The first kappa shape index (κ1) is 13.4. The zero-order chi connectivity index (χ0) is 13.2. The molecule has 2 rings (SSSR count). The molecule has 1 aliphatic heterocycles. The van der Waals surface area contributed by atoms with Crippen LogP contribution < -0.4 is 10.6 Å². The van der Waals surface area contributed by atoms with Crippen molar-refractivity contribution in [3.05, 3.63) is 5.01 Å². The van der Waals surface area contributed by atoms with Crippen LogP contribution in [-0.4, -0.2) is 29.2 Å². The first-order chi connectivity index (χ1) is 8.47. The van der Waals surface area contributed by atoms with Crippen molar-refractivity contribution in [2.24, 2.45) is 5.41 Å². The molecule has 1 unspecified atom stereocenters. The molecule has 1 fully saturated rings. The molecule has 2 N–H and O–H groups in total. The van der Waals surface area contributed by atoms with Crippen LogP contribution in [0.4, 0.5) is 5.13 Å². The van der Waals surface area contributed by atoms with E-state index in [2.05, 4.69) is 20.8 Å². The molecule has 5 nitrogen and oxygen atoms in total. The van der Waals surface area contributed by atoms with Crippen LogP contribution in [0, 0.1) is 5.41 Å². The topological polar surface area (TPSA) is 66.9 Å². The molecule has 0 aromatic carbocycles. The maximum Gasteiger partial charge on any atom is 0.231 e. The molecule has 0 radical (unpaired) electrons. The second kappa shape index (κ2) is 5.32. The Labute approximate surface area is 111 Å². The molecule has 1 atom stereocenters. The van der Waals surface area contributed by atoms with Crippen molar-refractivity contribution in [1.82, 2.24) is 15.5 Å². The number of carbonyl (C=O) groups excluding carboxylic acids is 1. The molecule has 0 bridgehead atoms. The van der Waals surface area contributed by atoms with Gasteiger partial charge in [0.15, 0.2) is 0 Å². The van der Waals surface area contributed by atoms with E-state index in [1.807, 2.05) is 20.8 Å². The molecule has 0 saturated carbocycles. The fourth-order valence-corrected chi connectivity index (χ4v) is 2.67. The summed E-state index contributed by atoms with van der Waals surface area (Å²) in [6.07, 6.45) is 2.32. The molecule has 1 saturated heterocycles. The standard InChI is InChI=1S/C12H20N4OS/c1-12(2,3)10(17)14-11-16-15-9(18-11)8-5-4-6-13-7-8/h8,13H,4-7H2,1-3H3,(H,14,16,17). The number of nitrogens with one attached hydrogen (secondary N) is 2. The lowest BCUT2D eigenvalue weighted by Gasteiger charge is -2.19. The molecule has 6 heteroatoms. The van der Waals surface area contributed by atoms with Gasteiger partial charge in [0.1, 0.15) is 5.01 Å².